The molecule has 0 spiro atoms. The van der Waals surface area contributed by atoms with Gasteiger partial charge in [-0.2, -0.15) is 10.2 Å². The molecule has 214 valence electrons. The first kappa shape index (κ1) is 26.8. The molecule has 1 atom stereocenters. The molecule has 1 aromatic carbocycles. The first-order valence-electron chi connectivity index (χ1n) is 13.5. The molecule has 3 aliphatic heterocycles. The fourth-order valence-corrected chi connectivity index (χ4v) is 5.44. The molecule has 41 heavy (non-hydrogen) atoms. The van der Waals surface area contributed by atoms with Crippen molar-refractivity contribution in [2.45, 2.75) is 37.8 Å². The van der Waals surface area contributed by atoms with Crippen molar-refractivity contribution in [1.29, 1.82) is 0 Å². The number of piperidine rings is 1. The van der Waals surface area contributed by atoms with Gasteiger partial charge in [-0.1, -0.05) is 0 Å². The van der Waals surface area contributed by atoms with Crippen molar-refractivity contribution in [3.8, 4) is 17.1 Å². The van der Waals surface area contributed by atoms with E-state index in [9.17, 15) is 22.8 Å². The molecule has 0 N–H and O–H groups in total. The lowest BCUT2D eigenvalue weighted by atomic mass is 10.0. The summed E-state index contributed by atoms with van der Waals surface area (Å²) in [4.78, 5) is 33.8. The summed E-state index contributed by atoms with van der Waals surface area (Å²) < 4.78 is 49.6. The van der Waals surface area contributed by atoms with Crippen LogP contribution < -0.4 is 4.74 Å². The summed E-state index contributed by atoms with van der Waals surface area (Å²) in [6, 6.07) is 3.50. The zero-order chi connectivity index (χ0) is 28.7. The minimum absolute atomic E-state index is 0.0584. The number of carbonyl (C=O) groups is 2. The average molecular weight is 568 g/mol. The van der Waals surface area contributed by atoms with Crippen LogP contribution >= 0.6 is 0 Å². The molecule has 13 heteroatoms. The first-order chi connectivity index (χ1) is 19.8. The SMILES string of the molecule is Cn1ncc(C(=O)N2CCCCC2)c1-c1cc(OC2CN(C(=O)N3N=CCC3c3cc(F)cc(F)c3)C2)c(F)cn1. The van der Waals surface area contributed by atoms with E-state index in [0.29, 0.717) is 42.0 Å². The number of hydrogen-bond acceptors (Lipinski definition) is 6. The zero-order valence-corrected chi connectivity index (χ0v) is 22.3. The molecule has 3 aliphatic rings. The Kier molecular flexibility index (Phi) is 7.10. The molecule has 0 saturated carbocycles. The highest BCUT2D eigenvalue weighted by molar-refractivity contribution is 5.99. The molecule has 3 aromatic rings. The second kappa shape index (κ2) is 10.9. The molecule has 10 nitrogen and oxygen atoms in total. The van der Waals surface area contributed by atoms with Crippen LogP contribution in [0.4, 0.5) is 18.0 Å². The van der Waals surface area contributed by atoms with Crippen molar-refractivity contribution in [2.24, 2.45) is 12.1 Å². The molecular formula is C28H28F3N7O3. The predicted molar refractivity (Wildman–Crippen MR) is 142 cm³/mol. The Hall–Kier alpha value is -4.42. The molecule has 3 amide bonds. The van der Waals surface area contributed by atoms with E-state index in [1.807, 2.05) is 0 Å². The van der Waals surface area contributed by atoms with Crippen LogP contribution in [0, 0.1) is 17.5 Å². The number of hydrogen-bond donors (Lipinski definition) is 0. The van der Waals surface area contributed by atoms with Gasteiger partial charge in [0.05, 0.1) is 48.5 Å². The molecule has 6 rings (SSSR count). The number of nitrogens with zero attached hydrogens (tertiary/aromatic N) is 7. The van der Waals surface area contributed by atoms with Crippen LogP contribution in [0.3, 0.4) is 0 Å². The summed E-state index contributed by atoms with van der Waals surface area (Å²) in [7, 11) is 1.69. The molecule has 2 saturated heterocycles. The molecule has 5 heterocycles. The van der Waals surface area contributed by atoms with Crippen LogP contribution in [0.5, 0.6) is 5.75 Å². The second-order valence-corrected chi connectivity index (χ2v) is 10.4. The predicted octanol–water partition coefficient (Wildman–Crippen LogP) is 4.14. The number of pyridine rings is 1. The van der Waals surface area contributed by atoms with Crippen molar-refractivity contribution in [3.63, 3.8) is 0 Å². The third kappa shape index (κ3) is 5.23. The Balaban J connectivity index is 1.13. The van der Waals surface area contributed by atoms with Crippen LogP contribution in [0.25, 0.3) is 11.4 Å². The van der Waals surface area contributed by atoms with E-state index in [0.717, 1.165) is 31.5 Å². The molecule has 2 fully saturated rings. The maximum Gasteiger partial charge on any atom is 0.341 e. The monoisotopic (exact) mass is 567 g/mol. The molecule has 1 unspecified atom stereocenters. The quantitative estimate of drug-likeness (QED) is 0.462. The number of carbonyl (C=O) groups excluding carboxylic acids is 2. The number of urea groups is 1. The van der Waals surface area contributed by atoms with Gasteiger partial charge in [0.25, 0.3) is 5.91 Å². The zero-order valence-electron chi connectivity index (χ0n) is 22.3. The third-order valence-electron chi connectivity index (χ3n) is 7.58. The summed E-state index contributed by atoms with van der Waals surface area (Å²) >= 11 is 0. The molecule has 0 bridgehead atoms. The number of halogens is 3. The van der Waals surface area contributed by atoms with E-state index in [4.69, 9.17) is 4.74 Å². The van der Waals surface area contributed by atoms with Gasteiger partial charge in [0.15, 0.2) is 11.6 Å². The summed E-state index contributed by atoms with van der Waals surface area (Å²) in [5, 5.41) is 9.55. The fourth-order valence-electron chi connectivity index (χ4n) is 5.44. The summed E-state index contributed by atoms with van der Waals surface area (Å²) in [6.45, 7) is 1.68. The molecular weight excluding hydrogens is 539 g/mol. The molecule has 2 aromatic heterocycles. The Morgan fingerprint density at radius 3 is 2.41 bits per heavy atom. The van der Waals surface area contributed by atoms with E-state index in [-0.39, 0.29) is 24.7 Å². The number of rotatable bonds is 5. The highest BCUT2D eigenvalue weighted by atomic mass is 19.1. The number of aromatic nitrogens is 3. The van der Waals surface area contributed by atoms with Gasteiger partial charge in [0.1, 0.15) is 17.7 Å². The summed E-state index contributed by atoms with van der Waals surface area (Å²) in [6.07, 6.45) is 6.87. The van der Waals surface area contributed by atoms with Gasteiger partial charge in [-0.15, -0.1) is 0 Å². The largest absolute Gasteiger partial charge is 0.483 e. The number of amides is 3. The molecule has 0 radical (unpaired) electrons. The topological polar surface area (TPSA) is 96.2 Å². The van der Waals surface area contributed by atoms with E-state index < -0.39 is 35.6 Å². The minimum atomic E-state index is -0.732. The average Bonchev–Trinajstić information content (AvgIpc) is 3.58. The van der Waals surface area contributed by atoms with Crippen LogP contribution in [0.2, 0.25) is 0 Å². The lowest BCUT2D eigenvalue weighted by Gasteiger charge is -2.41. The highest BCUT2D eigenvalue weighted by Crippen LogP contribution is 2.33. The second-order valence-electron chi connectivity index (χ2n) is 10.4. The van der Waals surface area contributed by atoms with Gasteiger partial charge in [0, 0.05) is 44.9 Å². The van der Waals surface area contributed by atoms with Crippen molar-refractivity contribution < 1.29 is 27.5 Å². The van der Waals surface area contributed by atoms with Gasteiger partial charge in [-0.05, 0) is 37.0 Å². The van der Waals surface area contributed by atoms with Gasteiger partial charge in [-0.3, -0.25) is 14.5 Å². The third-order valence-corrected chi connectivity index (χ3v) is 7.58. The number of benzene rings is 1. The van der Waals surface area contributed by atoms with Crippen LogP contribution in [0.15, 0.2) is 41.8 Å². The normalized spacial score (nSPS) is 19.0. The Labute approximate surface area is 234 Å². The smallest absolute Gasteiger partial charge is 0.341 e. The van der Waals surface area contributed by atoms with Crippen LogP contribution in [0.1, 0.15) is 47.6 Å². The number of ether oxygens (including phenoxy) is 1. The van der Waals surface area contributed by atoms with Crippen molar-refractivity contribution >= 4 is 18.2 Å². The maximum absolute atomic E-state index is 14.7. The van der Waals surface area contributed by atoms with Crippen LogP contribution in [-0.4, -0.2) is 80.0 Å². The Bertz CT molecular complexity index is 1500. The first-order valence-corrected chi connectivity index (χ1v) is 13.5. The van der Waals surface area contributed by atoms with E-state index in [2.05, 4.69) is 15.2 Å². The lowest BCUT2D eigenvalue weighted by molar-refractivity contribution is 0.0256. The van der Waals surface area contributed by atoms with Gasteiger partial charge >= 0.3 is 6.03 Å². The maximum atomic E-state index is 14.7. The number of likely N-dealkylation sites (tertiary alicyclic amines) is 2. The van der Waals surface area contributed by atoms with Crippen molar-refractivity contribution in [3.05, 3.63) is 65.2 Å². The van der Waals surface area contributed by atoms with Crippen LogP contribution in [-0.2, 0) is 7.05 Å². The van der Waals surface area contributed by atoms with Gasteiger partial charge < -0.3 is 14.5 Å². The molecule has 0 aliphatic carbocycles. The number of aryl methyl sites for hydroxylation is 1. The van der Waals surface area contributed by atoms with Gasteiger partial charge in [0.2, 0.25) is 0 Å². The Morgan fingerprint density at radius 1 is 0.951 bits per heavy atom. The highest BCUT2D eigenvalue weighted by Gasteiger charge is 2.39. The van der Waals surface area contributed by atoms with Gasteiger partial charge in [-0.25, -0.2) is 23.0 Å². The van der Waals surface area contributed by atoms with E-state index in [1.54, 1.807) is 11.9 Å². The fraction of sp³-hybridized carbons (Fsp3) is 0.393. The summed E-state index contributed by atoms with van der Waals surface area (Å²) in [5.41, 5.74) is 1.49. The standard InChI is InChI=1S/C28H28F3N7O3/c1-35-26(21(13-34-35)27(39)36-7-3-2-4-8-36)23-12-25(22(31)14-32-23)41-20-15-37(16-20)28(40)38-24(5-6-33-38)17-9-18(29)11-19(30)10-17/h6,9-14,20,24H,2-5,7-8,15-16H2,1H3. The minimum Gasteiger partial charge on any atom is -0.483 e. The Morgan fingerprint density at radius 2 is 1.68 bits per heavy atom. The number of hydrazone groups is 1. The van der Waals surface area contributed by atoms with E-state index in [1.165, 1.54) is 45.2 Å². The van der Waals surface area contributed by atoms with E-state index >= 15 is 0 Å². The van der Waals surface area contributed by atoms with Crippen molar-refractivity contribution in [1.82, 2.24) is 29.6 Å². The lowest BCUT2D eigenvalue weighted by Crippen LogP contribution is -2.58. The van der Waals surface area contributed by atoms with Crippen molar-refractivity contribution in [2.75, 3.05) is 26.2 Å². The summed E-state index contributed by atoms with van der Waals surface area (Å²) in [5.74, 6) is -2.34.